The van der Waals surface area contributed by atoms with E-state index in [1.807, 2.05) is 36.4 Å². The first-order chi connectivity index (χ1) is 17.4. The lowest BCUT2D eigenvalue weighted by Crippen LogP contribution is -2.07. The second-order valence-electron chi connectivity index (χ2n) is 7.48. The fourth-order valence-electron chi connectivity index (χ4n) is 3.27. The van der Waals surface area contributed by atoms with Gasteiger partial charge in [-0.25, -0.2) is 4.98 Å². The van der Waals surface area contributed by atoms with E-state index in [9.17, 15) is 14.9 Å². The van der Waals surface area contributed by atoms with Crippen LogP contribution in [-0.2, 0) is 11.4 Å². The fourth-order valence-corrected chi connectivity index (χ4v) is 4.56. The minimum Gasteiger partial charge on any atom is -0.493 e. The highest BCUT2D eigenvalue weighted by molar-refractivity contribution is 9.10. The first-order valence-electron chi connectivity index (χ1n) is 10.7. The molecule has 36 heavy (non-hydrogen) atoms. The molecule has 0 saturated heterocycles. The summed E-state index contributed by atoms with van der Waals surface area (Å²) in [6.07, 6.45) is 3.04. The van der Waals surface area contributed by atoms with Crippen molar-refractivity contribution in [3.05, 3.63) is 104 Å². The summed E-state index contributed by atoms with van der Waals surface area (Å²) in [5.41, 5.74) is 2.89. The van der Waals surface area contributed by atoms with Crippen molar-refractivity contribution in [3.63, 3.8) is 0 Å². The number of nitrogens with one attached hydrogen (secondary N) is 1. The van der Waals surface area contributed by atoms with E-state index >= 15 is 0 Å². The second kappa shape index (κ2) is 11.6. The summed E-state index contributed by atoms with van der Waals surface area (Å²) in [7, 11) is 1.55. The maximum absolute atomic E-state index is 12.5. The van der Waals surface area contributed by atoms with Crippen LogP contribution in [0, 0.1) is 10.1 Å². The van der Waals surface area contributed by atoms with Gasteiger partial charge in [0.15, 0.2) is 16.6 Å². The molecule has 0 atom stereocenters. The van der Waals surface area contributed by atoms with Crippen molar-refractivity contribution in [2.24, 2.45) is 0 Å². The Hall–Kier alpha value is -4.02. The van der Waals surface area contributed by atoms with Crippen molar-refractivity contribution < 1.29 is 19.2 Å². The lowest BCUT2D eigenvalue weighted by atomic mass is 10.1. The first kappa shape index (κ1) is 25.1. The molecule has 1 aromatic heterocycles. The van der Waals surface area contributed by atoms with Gasteiger partial charge >= 0.3 is 0 Å². The Labute approximate surface area is 219 Å². The molecule has 0 saturated carbocycles. The number of carbonyl (C=O) groups is 1. The van der Waals surface area contributed by atoms with Crippen LogP contribution in [0.25, 0.3) is 17.3 Å². The molecular formula is C26H20BrN3O5S. The van der Waals surface area contributed by atoms with E-state index in [0.29, 0.717) is 39.0 Å². The number of ether oxygens (including phenoxy) is 2. The lowest BCUT2D eigenvalue weighted by molar-refractivity contribution is -0.384. The molecule has 182 valence electrons. The minimum atomic E-state index is -0.460. The number of rotatable bonds is 9. The zero-order chi connectivity index (χ0) is 25.5. The SMILES string of the molecule is COc1cc(/C=C/C(=O)Nc2nc(-c3cccc([N+](=O)[O-])c3)cs2)cc(Br)c1OCc1ccccc1. The Balaban J connectivity index is 1.42. The van der Waals surface area contributed by atoms with Gasteiger partial charge in [-0.1, -0.05) is 42.5 Å². The minimum absolute atomic E-state index is 0.0212. The summed E-state index contributed by atoms with van der Waals surface area (Å²) in [4.78, 5) is 27.4. The largest absolute Gasteiger partial charge is 0.493 e. The van der Waals surface area contributed by atoms with Gasteiger partial charge in [0.2, 0.25) is 5.91 Å². The number of non-ortho nitro benzene ring substituents is 1. The Morgan fingerprint density at radius 1 is 1.17 bits per heavy atom. The molecule has 0 aliphatic heterocycles. The number of nitrogens with zero attached hydrogens (tertiary/aromatic N) is 2. The first-order valence-corrected chi connectivity index (χ1v) is 12.3. The van der Waals surface area contributed by atoms with Crippen molar-refractivity contribution in [2.45, 2.75) is 6.61 Å². The zero-order valence-electron chi connectivity index (χ0n) is 19.0. The summed E-state index contributed by atoms with van der Waals surface area (Å²) >= 11 is 4.75. The highest BCUT2D eigenvalue weighted by Gasteiger charge is 2.13. The van der Waals surface area contributed by atoms with Crippen molar-refractivity contribution >= 4 is 50.1 Å². The summed E-state index contributed by atoms with van der Waals surface area (Å²) in [6, 6.07) is 19.6. The van der Waals surface area contributed by atoms with E-state index in [-0.39, 0.29) is 11.6 Å². The maximum Gasteiger partial charge on any atom is 0.270 e. The quantitative estimate of drug-likeness (QED) is 0.137. The highest BCUT2D eigenvalue weighted by atomic mass is 79.9. The van der Waals surface area contributed by atoms with Gasteiger partial charge in [-0.05, 0) is 45.3 Å². The third kappa shape index (κ3) is 6.35. The average molecular weight is 566 g/mol. The third-order valence-electron chi connectivity index (χ3n) is 4.99. The average Bonchev–Trinajstić information content (AvgIpc) is 3.35. The number of hydrogen-bond donors (Lipinski definition) is 1. The molecule has 0 aliphatic rings. The molecular weight excluding hydrogens is 546 g/mol. The van der Waals surface area contributed by atoms with Crippen molar-refractivity contribution in [1.29, 1.82) is 0 Å². The predicted octanol–water partition coefficient (Wildman–Crippen LogP) is 6.72. The van der Waals surface area contributed by atoms with E-state index in [1.165, 1.54) is 29.5 Å². The number of carbonyl (C=O) groups excluding carboxylic acids is 1. The zero-order valence-corrected chi connectivity index (χ0v) is 21.4. The van der Waals surface area contributed by atoms with Crippen LogP contribution in [0.15, 0.2) is 82.7 Å². The van der Waals surface area contributed by atoms with Crippen LogP contribution in [0.4, 0.5) is 10.8 Å². The number of anilines is 1. The standard InChI is InChI=1S/C26H20BrN3O5S/c1-34-23-13-18(12-21(27)25(23)35-15-17-6-3-2-4-7-17)10-11-24(31)29-26-28-22(16-36-26)19-8-5-9-20(14-19)30(32)33/h2-14,16H,15H2,1H3,(H,28,29,31)/b11-10+. The summed E-state index contributed by atoms with van der Waals surface area (Å²) in [5.74, 6) is 0.732. The van der Waals surface area contributed by atoms with Crippen molar-refractivity contribution in [3.8, 4) is 22.8 Å². The summed E-state index contributed by atoms with van der Waals surface area (Å²) in [5, 5.41) is 15.8. The van der Waals surface area contributed by atoms with Crippen LogP contribution < -0.4 is 14.8 Å². The molecule has 4 rings (SSSR count). The molecule has 0 radical (unpaired) electrons. The molecule has 0 unspecified atom stereocenters. The monoisotopic (exact) mass is 565 g/mol. The molecule has 0 bridgehead atoms. The van der Waals surface area contributed by atoms with Crippen molar-refractivity contribution in [1.82, 2.24) is 4.98 Å². The van der Waals surface area contributed by atoms with Gasteiger partial charge in [0.1, 0.15) is 6.61 Å². The van der Waals surface area contributed by atoms with Crippen LogP contribution in [-0.4, -0.2) is 22.9 Å². The van der Waals surface area contributed by atoms with Gasteiger partial charge in [-0.2, -0.15) is 0 Å². The molecule has 1 N–H and O–H groups in total. The Kier molecular flexibility index (Phi) is 8.09. The van der Waals surface area contributed by atoms with E-state index in [4.69, 9.17) is 9.47 Å². The normalized spacial score (nSPS) is 10.8. The number of amides is 1. The number of nitro groups is 1. The Morgan fingerprint density at radius 3 is 2.72 bits per heavy atom. The molecule has 0 spiro atoms. The number of hydrogen-bond acceptors (Lipinski definition) is 7. The molecule has 4 aromatic rings. The molecule has 1 amide bonds. The predicted molar refractivity (Wildman–Crippen MR) is 143 cm³/mol. The van der Waals surface area contributed by atoms with Gasteiger partial charge in [-0.3, -0.25) is 20.2 Å². The van der Waals surface area contributed by atoms with Gasteiger partial charge in [0.25, 0.3) is 5.69 Å². The van der Waals surface area contributed by atoms with Crippen LogP contribution >= 0.6 is 27.3 Å². The van der Waals surface area contributed by atoms with E-state index in [1.54, 1.807) is 36.8 Å². The fraction of sp³-hybridized carbons (Fsp3) is 0.0769. The molecule has 8 nitrogen and oxygen atoms in total. The van der Waals surface area contributed by atoms with Crippen LogP contribution in [0.5, 0.6) is 11.5 Å². The molecule has 3 aromatic carbocycles. The molecule has 1 heterocycles. The molecule has 0 fully saturated rings. The Bertz CT molecular complexity index is 1420. The summed E-state index contributed by atoms with van der Waals surface area (Å²) < 4.78 is 12.1. The number of nitro benzene ring substituents is 1. The van der Waals surface area contributed by atoms with E-state index in [2.05, 4.69) is 26.2 Å². The smallest absolute Gasteiger partial charge is 0.270 e. The molecule has 10 heteroatoms. The van der Waals surface area contributed by atoms with Gasteiger partial charge in [0.05, 0.1) is 22.2 Å². The topological polar surface area (TPSA) is 104 Å². The van der Waals surface area contributed by atoms with Crippen LogP contribution in [0.3, 0.4) is 0 Å². The lowest BCUT2D eigenvalue weighted by Gasteiger charge is -2.13. The van der Waals surface area contributed by atoms with Crippen molar-refractivity contribution in [2.75, 3.05) is 12.4 Å². The van der Waals surface area contributed by atoms with Gasteiger partial charge in [0, 0.05) is 29.2 Å². The molecule has 0 aliphatic carbocycles. The van der Waals surface area contributed by atoms with E-state index in [0.717, 1.165) is 11.1 Å². The van der Waals surface area contributed by atoms with Gasteiger partial charge < -0.3 is 9.47 Å². The number of aromatic nitrogens is 1. The van der Waals surface area contributed by atoms with Gasteiger partial charge in [-0.15, -0.1) is 11.3 Å². The third-order valence-corrected chi connectivity index (χ3v) is 6.34. The van der Waals surface area contributed by atoms with Crippen LogP contribution in [0.1, 0.15) is 11.1 Å². The number of halogens is 1. The summed E-state index contributed by atoms with van der Waals surface area (Å²) in [6.45, 7) is 0.388. The number of thiazole rings is 1. The Morgan fingerprint density at radius 2 is 1.97 bits per heavy atom. The number of benzene rings is 3. The van der Waals surface area contributed by atoms with Crippen LogP contribution in [0.2, 0.25) is 0 Å². The maximum atomic E-state index is 12.5. The van der Waals surface area contributed by atoms with E-state index < -0.39 is 4.92 Å². The number of methoxy groups -OCH3 is 1. The second-order valence-corrected chi connectivity index (χ2v) is 9.19. The highest BCUT2D eigenvalue weighted by Crippen LogP contribution is 2.37.